The van der Waals surface area contributed by atoms with Gasteiger partial charge < -0.3 is 4.57 Å². The molecule has 0 unspecified atom stereocenters. The first-order chi connectivity index (χ1) is 6.68. The molecule has 0 atom stereocenters. The molecule has 0 aliphatic heterocycles. The average molecular weight is 208 g/mol. The summed E-state index contributed by atoms with van der Waals surface area (Å²) in [5.74, 6) is 0.810. The van der Waals surface area contributed by atoms with Gasteiger partial charge in [0.25, 0.3) is 0 Å². The highest BCUT2D eigenvalue weighted by atomic mass is 35.5. The van der Waals surface area contributed by atoms with Crippen LogP contribution < -0.4 is 0 Å². The van der Waals surface area contributed by atoms with Gasteiger partial charge in [-0.2, -0.15) is 0 Å². The molecule has 0 aromatic carbocycles. The third kappa shape index (κ3) is 1.51. The fraction of sp³-hybridized carbons (Fsp3) is 0.200. The Morgan fingerprint density at radius 1 is 1.14 bits per heavy atom. The third-order valence-corrected chi connectivity index (χ3v) is 2.33. The predicted octanol–water partition coefficient (Wildman–Crippen LogP) is 2.54. The van der Waals surface area contributed by atoms with Crippen molar-refractivity contribution in [2.75, 3.05) is 0 Å². The normalized spacial score (nSPS) is 10.5. The van der Waals surface area contributed by atoms with Gasteiger partial charge in [0, 0.05) is 17.5 Å². The fourth-order valence-corrected chi connectivity index (χ4v) is 1.62. The number of aryl methyl sites for hydroxylation is 2. The minimum atomic E-state index is 0.461. The Hall–Kier alpha value is -1.35. The molecule has 0 amide bonds. The minimum absolute atomic E-state index is 0.461. The van der Waals surface area contributed by atoms with E-state index in [0.29, 0.717) is 5.15 Å². The van der Waals surface area contributed by atoms with Crippen LogP contribution in [0.3, 0.4) is 0 Å². The van der Waals surface area contributed by atoms with Gasteiger partial charge in [-0.1, -0.05) is 11.6 Å². The van der Waals surface area contributed by atoms with Crippen LogP contribution >= 0.6 is 11.6 Å². The Morgan fingerprint density at radius 2 is 1.79 bits per heavy atom. The Kier molecular flexibility index (Phi) is 2.25. The second kappa shape index (κ2) is 3.42. The molecule has 0 N–H and O–H groups in total. The SMILES string of the molecule is Cc1ccc(C)n1-c1cc(Cl)ncn1. The number of hydrogen-bond donors (Lipinski definition) is 0. The summed E-state index contributed by atoms with van der Waals surface area (Å²) in [6, 6.07) is 5.85. The lowest BCUT2D eigenvalue weighted by Crippen LogP contribution is -2.01. The first kappa shape index (κ1) is 9.21. The summed E-state index contributed by atoms with van der Waals surface area (Å²) in [5.41, 5.74) is 2.27. The van der Waals surface area contributed by atoms with Gasteiger partial charge >= 0.3 is 0 Å². The van der Waals surface area contributed by atoms with Crippen molar-refractivity contribution in [1.29, 1.82) is 0 Å². The van der Waals surface area contributed by atoms with Crippen molar-refractivity contribution in [2.24, 2.45) is 0 Å². The monoisotopic (exact) mass is 207 g/mol. The molecule has 0 aliphatic rings. The molecule has 3 nitrogen and oxygen atoms in total. The summed E-state index contributed by atoms with van der Waals surface area (Å²) < 4.78 is 2.04. The van der Waals surface area contributed by atoms with E-state index in [9.17, 15) is 0 Å². The highest BCUT2D eigenvalue weighted by molar-refractivity contribution is 6.29. The average Bonchev–Trinajstić information content (AvgIpc) is 2.46. The van der Waals surface area contributed by atoms with Crippen LogP contribution in [-0.4, -0.2) is 14.5 Å². The van der Waals surface area contributed by atoms with E-state index in [0.717, 1.165) is 17.2 Å². The fourth-order valence-electron chi connectivity index (χ4n) is 1.48. The maximum atomic E-state index is 5.80. The number of nitrogens with zero attached hydrogens (tertiary/aromatic N) is 3. The molecule has 0 radical (unpaired) electrons. The van der Waals surface area contributed by atoms with Gasteiger partial charge in [0.2, 0.25) is 0 Å². The molecule has 0 aliphatic carbocycles. The van der Waals surface area contributed by atoms with E-state index in [2.05, 4.69) is 9.97 Å². The lowest BCUT2D eigenvalue weighted by Gasteiger charge is -2.07. The van der Waals surface area contributed by atoms with Crippen molar-refractivity contribution in [2.45, 2.75) is 13.8 Å². The number of aromatic nitrogens is 3. The number of hydrogen-bond acceptors (Lipinski definition) is 2. The summed E-state index contributed by atoms with van der Waals surface area (Å²) in [5, 5.41) is 0.461. The van der Waals surface area contributed by atoms with Gasteiger partial charge in [-0.3, -0.25) is 0 Å². The quantitative estimate of drug-likeness (QED) is 0.673. The second-order valence-corrected chi connectivity index (χ2v) is 3.54. The van der Waals surface area contributed by atoms with Crippen LogP contribution in [0.15, 0.2) is 24.5 Å². The second-order valence-electron chi connectivity index (χ2n) is 3.15. The van der Waals surface area contributed by atoms with Crippen LogP contribution in [0.2, 0.25) is 5.15 Å². The van der Waals surface area contributed by atoms with Crippen molar-refractivity contribution in [3.63, 3.8) is 0 Å². The molecule has 2 aromatic heterocycles. The summed E-state index contributed by atoms with van der Waals surface area (Å²) in [4.78, 5) is 8.02. The molecular weight excluding hydrogens is 198 g/mol. The van der Waals surface area contributed by atoms with E-state index in [1.807, 2.05) is 30.5 Å². The molecule has 72 valence electrons. The van der Waals surface area contributed by atoms with Gasteiger partial charge in [-0.15, -0.1) is 0 Å². The maximum absolute atomic E-state index is 5.80. The van der Waals surface area contributed by atoms with Gasteiger partial charge in [-0.05, 0) is 26.0 Å². The highest BCUT2D eigenvalue weighted by Gasteiger charge is 2.05. The zero-order valence-electron chi connectivity index (χ0n) is 8.03. The van der Waals surface area contributed by atoms with E-state index in [4.69, 9.17) is 11.6 Å². The Bertz CT molecular complexity index is 443. The van der Waals surface area contributed by atoms with Gasteiger partial charge in [0.15, 0.2) is 0 Å². The van der Waals surface area contributed by atoms with E-state index in [-0.39, 0.29) is 0 Å². The molecule has 2 rings (SSSR count). The molecule has 4 heteroatoms. The van der Waals surface area contributed by atoms with Crippen LogP contribution in [0.1, 0.15) is 11.4 Å². The highest BCUT2D eigenvalue weighted by Crippen LogP contribution is 2.15. The van der Waals surface area contributed by atoms with Crippen molar-refractivity contribution in [3.05, 3.63) is 41.1 Å². The third-order valence-electron chi connectivity index (χ3n) is 2.12. The standard InChI is InChI=1S/C10H10ClN3/c1-7-3-4-8(2)14(7)10-5-9(11)12-6-13-10/h3-6H,1-2H3. The number of halogens is 1. The van der Waals surface area contributed by atoms with E-state index < -0.39 is 0 Å². The molecule has 0 bridgehead atoms. The van der Waals surface area contributed by atoms with Crippen LogP contribution in [0.25, 0.3) is 5.82 Å². The van der Waals surface area contributed by atoms with E-state index >= 15 is 0 Å². The summed E-state index contributed by atoms with van der Waals surface area (Å²) in [7, 11) is 0. The van der Waals surface area contributed by atoms with Crippen LogP contribution in [-0.2, 0) is 0 Å². The zero-order chi connectivity index (χ0) is 10.1. The van der Waals surface area contributed by atoms with Gasteiger partial charge in [-0.25, -0.2) is 9.97 Å². The van der Waals surface area contributed by atoms with E-state index in [1.165, 1.54) is 6.33 Å². The molecular formula is C10H10ClN3. The van der Waals surface area contributed by atoms with Gasteiger partial charge in [0.05, 0.1) is 0 Å². The molecule has 0 fully saturated rings. The lowest BCUT2D eigenvalue weighted by molar-refractivity contribution is 0.910. The largest absolute Gasteiger partial charge is 0.303 e. The Morgan fingerprint density at radius 3 is 2.36 bits per heavy atom. The molecule has 0 spiro atoms. The molecule has 2 aromatic rings. The lowest BCUT2D eigenvalue weighted by atomic mass is 10.5. The van der Waals surface area contributed by atoms with Crippen molar-refractivity contribution < 1.29 is 0 Å². The van der Waals surface area contributed by atoms with Crippen LogP contribution in [0.4, 0.5) is 0 Å². The maximum Gasteiger partial charge on any atom is 0.141 e. The molecule has 2 heterocycles. The van der Waals surface area contributed by atoms with Gasteiger partial charge in [0.1, 0.15) is 17.3 Å². The number of rotatable bonds is 1. The molecule has 0 saturated heterocycles. The Balaban J connectivity index is 2.59. The first-order valence-corrected chi connectivity index (χ1v) is 4.69. The minimum Gasteiger partial charge on any atom is -0.303 e. The van der Waals surface area contributed by atoms with Crippen molar-refractivity contribution >= 4 is 11.6 Å². The topological polar surface area (TPSA) is 30.7 Å². The zero-order valence-corrected chi connectivity index (χ0v) is 8.78. The van der Waals surface area contributed by atoms with E-state index in [1.54, 1.807) is 6.07 Å². The van der Waals surface area contributed by atoms with Crippen LogP contribution in [0, 0.1) is 13.8 Å². The van der Waals surface area contributed by atoms with Crippen molar-refractivity contribution in [3.8, 4) is 5.82 Å². The summed E-state index contributed by atoms with van der Waals surface area (Å²) in [6.07, 6.45) is 1.47. The predicted molar refractivity (Wildman–Crippen MR) is 55.8 cm³/mol. The van der Waals surface area contributed by atoms with Crippen molar-refractivity contribution in [1.82, 2.24) is 14.5 Å². The first-order valence-electron chi connectivity index (χ1n) is 4.31. The van der Waals surface area contributed by atoms with Crippen LogP contribution in [0.5, 0.6) is 0 Å². The smallest absolute Gasteiger partial charge is 0.141 e. The molecule has 14 heavy (non-hydrogen) atoms. The Labute approximate surface area is 87.4 Å². The summed E-state index contributed by atoms with van der Waals surface area (Å²) in [6.45, 7) is 4.06. The summed E-state index contributed by atoms with van der Waals surface area (Å²) >= 11 is 5.80. The molecule has 0 saturated carbocycles.